The lowest BCUT2D eigenvalue weighted by atomic mass is 10.3. The second-order valence-corrected chi connectivity index (χ2v) is 3.30. The van der Waals surface area contributed by atoms with Gasteiger partial charge in [-0.15, -0.1) is 11.3 Å². The van der Waals surface area contributed by atoms with E-state index in [4.69, 9.17) is 10.2 Å². The number of carbonyl (C=O) groups is 1. The summed E-state index contributed by atoms with van der Waals surface area (Å²) < 4.78 is 0. The Balaban J connectivity index is 2.90. The highest BCUT2D eigenvalue weighted by molar-refractivity contribution is 7.14. The van der Waals surface area contributed by atoms with Crippen LogP contribution in [-0.4, -0.2) is 16.2 Å². The zero-order chi connectivity index (χ0) is 8.43. The number of rotatable bonds is 2. The quantitative estimate of drug-likeness (QED) is 0.710. The average Bonchev–Trinajstić information content (AvgIpc) is 2.33. The molecular weight excluding hydrogens is 164 g/mol. The van der Waals surface area contributed by atoms with Gasteiger partial charge in [0.25, 0.3) is 0 Å². The molecule has 1 atom stereocenters. The Kier molecular flexibility index (Phi) is 2.26. The van der Waals surface area contributed by atoms with Gasteiger partial charge in [-0.2, -0.15) is 0 Å². The molecule has 0 spiro atoms. The number of aliphatic hydroxyl groups is 1. The molecule has 0 amide bonds. The molecule has 11 heavy (non-hydrogen) atoms. The van der Waals surface area contributed by atoms with Crippen LogP contribution in [0.3, 0.4) is 0 Å². The van der Waals surface area contributed by atoms with Crippen LogP contribution in [0.4, 0.5) is 0 Å². The van der Waals surface area contributed by atoms with Crippen LogP contribution in [0, 0.1) is 0 Å². The van der Waals surface area contributed by atoms with Gasteiger partial charge in [-0.3, -0.25) is 0 Å². The van der Waals surface area contributed by atoms with E-state index in [0.29, 0.717) is 4.88 Å². The molecule has 4 heteroatoms. The maximum atomic E-state index is 10.4. The van der Waals surface area contributed by atoms with Crippen LogP contribution < -0.4 is 0 Å². The van der Waals surface area contributed by atoms with E-state index in [1.165, 1.54) is 6.07 Å². The molecule has 0 aliphatic rings. The zero-order valence-corrected chi connectivity index (χ0v) is 6.76. The highest BCUT2D eigenvalue weighted by Gasteiger charge is 2.09. The third-order valence-corrected chi connectivity index (χ3v) is 2.49. The summed E-state index contributed by atoms with van der Waals surface area (Å²) in [5, 5.41) is 17.5. The topological polar surface area (TPSA) is 57.5 Å². The Bertz CT molecular complexity index is 264. The van der Waals surface area contributed by atoms with Gasteiger partial charge in [-0.1, -0.05) is 0 Å². The molecule has 0 aliphatic carbocycles. The zero-order valence-electron chi connectivity index (χ0n) is 5.94. The lowest BCUT2D eigenvalue weighted by molar-refractivity contribution is 0.0702. The molecule has 0 fully saturated rings. The number of carboxylic acid groups (broad SMARTS) is 1. The normalized spacial score (nSPS) is 12.9. The molecule has 0 saturated heterocycles. The van der Waals surface area contributed by atoms with Gasteiger partial charge in [-0.05, 0) is 19.1 Å². The molecular formula is C7H8O3S. The summed E-state index contributed by atoms with van der Waals surface area (Å²) >= 11 is 1.10. The molecule has 60 valence electrons. The minimum Gasteiger partial charge on any atom is -0.477 e. The van der Waals surface area contributed by atoms with E-state index >= 15 is 0 Å². The van der Waals surface area contributed by atoms with Crippen LogP contribution in [-0.2, 0) is 0 Å². The molecule has 1 aromatic heterocycles. The number of aromatic carboxylic acids is 1. The van der Waals surface area contributed by atoms with Gasteiger partial charge in [0.2, 0.25) is 0 Å². The highest BCUT2D eigenvalue weighted by atomic mass is 32.1. The van der Waals surface area contributed by atoms with Crippen molar-refractivity contribution in [2.24, 2.45) is 0 Å². The second-order valence-electron chi connectivity index (χ2n) is 2.18. The van der Waals surface area contributed by atoms with E-state index in [-0.39, 0.29) is 4.88 Å². The Labute approximate surface area is 67.9 Å². The molecule has 0 radical (unpaired) electrons. The Hall–Kier alpha value is -0.870. The molecule has 3 nitrogen and oxygen atoms in total. The molecule has 0 aromatic carbocycles. The predicted molar refractivity (Wildman–Crippen MR) is 41.9 cm³/mol. The van der Waals surface area contributed by atoms with E-state index in [2.05, 4.69) is 0 Å². The first kappa shape index (κ1) is 8.23. The van der Waals surface area contributed by atoms with Crippen molar-refractivity contribution in [3.8, 4) is 0 Å². The van der Waals surface area contributed by atoms with Gasteiger partial charge in [-0.25, -0.2) is 4.79 Å². The molecule has 1 rings (SSSR count). The molecule has 2 N–H and O–H groups in total. The number of hydrogen-bond donors (Lipinski definition) is 2. The van der Waals surface area contributed by atoms with Crippen molar-refractivity contribution in [1.82, 2.24) is 0 Å². The summed E-state index contributed by atoms with van der Waals surface area (Å²) in [6, 6.07) is 3.12. The van der Waals surface area contributed by atoms with Crippen molar-refractivity contribution in [3.05, 3.63) is 21.9 Å². The van der Waals surface area contributed by atoms with Crippen molar-refractivity contribution in [2.45, 2.75) is 13.0 Å². The molecule has 1 aromatic rings. The van der Waals surface area contributed by atoms with Gasteiger partial charge in [0.15, 0.2) is 0 Å². The standard InChI is InChI=1S/C7H8O3S/c1-4(8)5-2-3-6(11-5)7(9)10/h2-4,8H,1H3,(H,9,10). The number of thiophene rings is 1. The lowest BCUT2D eigenvalue weighted by Crippen LogP contribution is -1.90. The maximum absolute atomic E-state index is 10.4. The van der Waals surface area contributed by atoms with Crippen molar-refractivity contribution in [2.75, 3.05) is 0 Å². The predicted octanol–water partition coefficient (Wildman–Crippen LogP) is 1.50. The van der Waals surface area contributed by atoms with Crippen molar-refractivity contribution in [1.29, 1.82) is 0 Å². The van der Waals surface area contributed by atoms with E-state index < -0.39 is 12.1 Å². The average molecular weight is 172 g/mol. The molecule has 0 bridgehead atoms. The minimum atomic E-state index is -0.943. The van der Waals surface area contributed by atoms with Crippen molar-refractivity contribution >= 4 is 17.3 Å². The largest absolute Gasteiger partial charge is 0.477 e. The molecule has 1 heterocycles. The summed E-state index contributed by atoms with van der Waals surface area (Å²) in [6.45, 7) is 1.61. The highest BCUT2D eigenvalue weighted by Crippen LogP contribution is 2.22. The van der Waals surface area contributed by atoms with Crippen molar-refractivity contribution < 1.29 is 15.0 Å². The number of aliphatic hydroxyl groups excluding tert-OH is 1. The van der Waals surface area contributed by atoms with Gasteiger partial charge in [0, 0.05) is 4.88 Å². The number of hydrogen-bond acceptors (Lipinski definition) is 3. The van der Waals surface area contributed by atoms with Crippen LogP contribution in [0.5, 0.6) is 0 Å². The third kappa shape index (κ3) is 1.78. The molecule has 0 saturated carbocycles. The lowest BCUT2D eigenvalue weighted by Gasteiger charge is -1.95. The summed E-state index contributed by atoms with van der Waals surface area (Å²) in [5.74, 6) is -0.943. The fourth-order valence-corrected chi connectivity index (χ4v) is 1.48. The van der Waals surface area contributed by atoms with Crippen LogP contribution in [0.2, 0.25) is 0 Å². The second kappa shape index (κ2) is 3.02. The van der Waals surface area contributed by atoms with Gasteiger partial charge in [0.1, 0.15) is 4.88 Å². The van der Waals surface area contributed by atoms with Crippen molar-refractivity contribution in [3.63, 3.8) is 0 Å². The van der Waals surface area contributed by atoms with Gasteiger partial charge >= 0.3 is 5.97 Å². The summed E-state index contributed by atoms with van der Waals surface area (Å²) in [6.07, 6.45) is -0.576. The smallest absolute Gasteiger partial charge is 0.345 e. The van der Waals surface area contributed by atoms with E-state index in [9.17, 15) is 4.79 Å². The maximum Gasteiger partial charge on any atom is 0.345 e. The Morgan fingerprint density at radius 2 is 2.27 bits per heavy atom. The van der Waals surface area contributed by atoms with Gasteiger partial charge < -0.3 is 10.2 Å². The first-order valence-corrected chi connectivity index (χ1v) is 3.94. The first-order valence-electron chi connectivity index (χ1n) is 3.12. The summed E-state index contributed by atoms with van der Waals surface area (Å²) in [5.41, 5.74) is 0. The van der Waals surface area contributed by atoms with Crippen LogP contribution >= 0.6 is 11.3 Å². The summed E-state index contributed by atoms with van der Waals surface area (Å²) in [4.78, 5) is 11.3. The summed E-state index contributed by atoms with van der Waals surface area (Å²) in [7, 11) is 0. The Morgan fingerprint density at radius 3 is 2.55 bits per heavy atom. The van der Waals surface area contributed by atoms with Crippen LogP contribution in [0.25, 0.3) is 0 Å². The number of carboxylic acids is 1. The monoisotopic (exact) mass is 172 g/mol. The SMILES string of the molecule is CC(O)c1ccc(C(=O)O)s1. The first-order chi connectivity index (χ1) is 5.11. The third-order valence-electron chi connectivity index (χ3n) is 1.25. The fraction of sp³-hybridized carbons (Fsp3) is 0.286. The molecule has 1 unspecified atom stereocenters. The molecule has 0 aliphatic heterocycles. The minimum absolute atomic E-state index is 0.265. The van der Waals surface area contributed by atoms with E-state index in [0.717, 1.165) is 11.3 Å². The fourth-order valence-electron chi connectivity index (χ4n) is 0.692. The van der Waals surface area contributed by atoms with Gasteiger partial charge in [0.05, 0.1) is 6.10 Å². The van der Waals surface area contributed by atoms with Crippen LogP contribution in [0.15, 0.2) is 12.1 Å². The van der Waals surface area contributed by atoms with E-state index in [1.54, 1.807) is 13.0 Å². The Morgan fingerprint density at radius 1 is 1.64 bits per heavy atom. The van der Waals surface area contributed by atoms with Crippen LogP contribution in [0.1, 0.15) is 27.6 Å². The van der Waals surface area contributed by atoms with E-state index in [1.807, 2.05) is 0 Å².